The molecule has 0 aromatic heterocycles. The van der Waals surface area contributed by atoms with E-state index in [1.807, 2.05) is 0 Å². The van der Waals surface area contributed by atoms with Gasteiger partial charge in [0, 0.05) is 19.0 Å². The molecule has 0 radical (unpaired) electrons. The Bertz CT molecular complexity index is 302. The van der Waals surface area contributed by atoms with E-state index >= 15 is 0 Å². The molecule has 0 amide bonds. The van der Waals surface area contributed by atoms with E-state index in [1.54, 1.807) is 0 Å². The quantitative estimate of drug-likeness (QED) is 0.505. The molecule has 0 fully saturated rings. The molecule has 1 aliphatic heterocycles. The Hall–Kier alpha value is -0.730. The van der Waals surface area contributed by atoms with Crippen LogP contribution in [0.5, 0.6) is 0 Å². The lowest BCUT2D eigenvalue weighted by Gasteiger charge is -2.28. The van der Waals surface area contributed by atoms with Gasteiger partial charge in [0.05, 0.1) is 0 Å². The Morgan fingerprint density at radius 2 is 1.43 bits per heavy atom. The van der Waals surface area contributed by atoms with Crippen molar-refractivity contribution in [3.63, 3.8) is 0 Å². The van der Waals surface area contributed by atoms with E-state index in [0.717, 1.165) is 13.1 Å². The number of hydrazone groups is 1. The van der Waals surface area contributed by atoms with Crippen molar-refractivity contribution in [1.82, 2.24) is 10.7 Å². The van der Waals surface area contributed by atoms with Crippen LogP contribution in [-0.4, -0.2) is 18.9 Å². The van der Waals surface area contributed by atoms with E-state index in [4.69, 9.17) is 5.10 Å². The molecule has 1 aliphatic rings. The van der Waals surface area contributed by atoms with E-state index in [0.29, 0.717) is 17.8 Å². The molecule has 0 aromatic carbocycles. The predicted octanol–water partition coefficient (Wildman–Crippen LogP) is 5.32. The number of hydrogen-bond donors (Lipinski definition) is 2. The molecule has 0 aliphatic carbocycles. The summed E-state index contributed by atoms with van der Waals surface area (Å²) in [5.74, 6) is 3.24. The van der Waals surface area contributed by atoms with E-state index in [9.17, 15) is 0 Å². The summed E-state index contributed by atoms with van der Waals surface area (Å²) in [6.07, 6.45) is 13.4. The first-order chi connectivity index (χ1) is 11.2. The van der Waals surface area contributed by atoms with Crippen molar-refractivity contribution in [2.24, 2.45) is 22.9 Å². The van der Waals surface area contributed by atoms with E-state index in [1.165, 1.54) is 70.0 Å². The van der Waals surface area contributed by atoms with Gasteiger partial charge in [-0.1, -0.05) is 79.1 Å². The molecule has 2 N–H and O–H groups in total. The molecule has 3 nitrogen and oxygen atoms in total. The monoisotopic (exact) mass is 323 g/mol. The molecule has 2 atom stereocenters. The third-order valence-electron chi connectivity index (χ3n) is 5.39. The predicted molar refractivity (Wildman–Crippen MR) is 103 cm³/mol. The van der Waals surface area contributed by atoms with Crippen molar-refractivity contribution >= 4 is 5.84 Å². The molecule has 0 spiro atoms. The largest absolute Gasteiger partial charge is 0.372 e. The van der Waals surface area contributed by atoms with Gasteiger partial charge in [-0.05, 0) is 24.7 Å². The molecule has 3 heteroatoms. The van der Waals surface area contributed by atoms with Crippen LogP contribution in [0.15, 0.2) is 5.10 Å². The summed E-state index contributed by atoms with van der Waals surface area (Å²) < 4.78 is 0. The van der Waals surface area contributed by atoms with Crippen LogP contribution in [0.4, 0.5) is 0 Å². The number of rotatable bonds is 11. The standard InChI is InChI=1S/C20H41N3/c1-5-7-9-11-13-19(14-12-10-8-6-2)20-21-15-17(3)18(4)16-22-23-20/h17-19,22H,5-16H2,1-4H3,(H,21,23). The highest BCUT2D eigenvalue weighted by molar-refractivity contribution is 5.84. The zero-order valence-corrected chi connectivity index (χ0v) is 16.2. The van der Waals surface area contributed by atoms with Gasteiger partial charge < -0.3 is 10.7 Å². The van der Waals surface area contributed by atoms with Crippen LogP contribution in [0.1, 0.15) is 91.9 Å². The van der Waals surface area contributed by atoms with Gasteiger partial charge in [-0.15, -0.1) is 0 Å². The molecule has 0 saturated carbocycles. The lowest BCUT2D eigenvalue weighted by atomic mass is 9.91. The second-order valence-electron chi connectivity index (χ2n) is 7.59. The first-order valence-corrected chi connectivity index (χ1v) is 10.2. The topological polar surface area (TPSA) is 36.4 Å². The van der Waals surface area contributed by atoms with Crippen molar-refractivity contribution in [2.45, 2.75) is 91.9 Å². The van der Waals surface area contributed by atoms with Crippen LogP contribution in [-0.2, 0) is 0 Å². The third-order valence-corrected chi connectivity index (χ3v) is 5.39. The van der Waals surface area contributed by atoms with Crippen LogP contribution in [0, 0.1) is 17.8 Å². The van der Waals surface area contributed by atoms with Gasteiger partial charge in [0.25, 0.3) is 0 Å². The maximum atomic E-state index is 4.72. The van der Waals surface area contributed by atoms with Crippen LogP contribution >= 0.6 is 0 Å². The van der Waals surface area contributed by atoms with Crippen LogP contribution in [0.2, 0.25) is 0 Å². The number of unbranched alkanes of at least 4 members (excludes halogenated alkanes) is 6. The lowest BCUT2D eigenvalue weighted by Crippen LogP contribution is -2.41. The maximum absolute atomic E-state index is 4.72. The summed E-state index contributed by atoms with van der Waals surface area (Å²) in [4.78, 5) is 0. The Morgan fingerprint density at radius 1 is 0.870 bits per heavy atom. The molecule has 0 saturated heterocycles. The Kier molecular flexibility index (Phi) is 11.2. The smallest absolute Gasteiger partial charge is 0.125 e. The van der Waals surface area contributed by atoms with Gasteiger partial charge in [0.1, 0.15) is 5.84 Å². The van der Waals surface area contributed by atoms with Crippen LogP contribution in [0.3, 0.4) is 0 Å². The number of nitrogens with one attached hydrogen (secondary N) is 2. The fraction of sp³-hybridized carbons (Fsp3) is 0.950. The van der Waals surface area contributed by atoms with Crippen molar-refractivity contribution in [2.75, 3.05) is 13.1 Å². The third kappa shape index (κ3) is 8.62. The molecule has 23 heavy (non-hydrogen) atoms. The molecular weight excluding hydrogens is 282 g/mol. The van der Waals surface area contributed by atoms with Crippen molar-refractivity contribution in [3.05, 3.63) is 0 Å². The van der Waals surface area contributed by atoms with Gasteiger partial charge >= 0.3 is 0 Å². The van der Waals surface area contributed by atoms with Gasteiger partial charge in [-0.3, -0.25) is 0 Å². The van der Waals surface area contributed by atoms with Gasteiger partial charge in [0.15, 0.2) is 0 Å². The van der Waals surface area contributed by atoms with E-state index in [-0.39, 0.29) is 0 Å². The number of hydrogen-bond acceptors (Lipinski definition) is 3. The Labute approximate surface area is 145 Å². The van der Waals surface area contributed by atoms with Crippen LogP contribution < -0.4 is 10.7 Å². The van der Waals surface area contributed by atoms with Crippen molar-refractivity contribution in [3.8, 4) is 0 Å². The summed E-state index contributed by atoms with van der Waals surface area (Å²) in [6.45, 7) is 11.3. The fourth-order valence-corrected chi connectivity index (χ4v) is 3.27. The second kappa shape index (κ2) is 12.7. The molecule has 2 unspecified atom stereocenters. The first kappa shape index (κ1) is 20.3. The minimum Gasteiger partial charge on any atom is -0.372 e. The molecule has 1 heterocycles. The lowest BCUT2D eigenvalue weighted by molar-refractivity contribution is 0.352. The van der Waals surface area contributed by atoms with Gasteiger partial charge in [0.2, 0.25) is 0 Å². The maximum Gasteiger partial charge on any atom is 0.125 e. The van der Waals surface area contributed by atoms with Crippen LogP contribution in [0.25, 0.3) is 0 Å². The molecule has 136 valence electrons. The average molecular weight is 324 g/mol. The highest BCUT2D eigenvalue weighted by Gasteiger charge is 2.20. The summed E-state index contributed by atoms with van der Waals surface area (Å²) in [6, 6.07) is 0. The number of nitrogens with zero attached hydrogens (tertiary/aromatic N) is 1. The minimum absolute atomic E-state index is 0.622. The summed E-state index contributed by atoms with van der Waals surface area (Å²) in [5.41, 5.74) is 3.33. The SMILES string of the molecule is CCCCCCC(CCCCCC)/C1=N/NCC(C)C(C)CN1. The second-order valence-corrected chi connectivity index (χ2v) is 7.59. The fourth-order valence-electron chi connectivity index (χ4n) is 3.27. The summed E-state index contributed by atoms with van der Waals surface area (Å²) in [5, 5.41) is 8.39. The molecular formula is C20H41N3. The summed E-state index contributed by atoms with van der Waals surface area (Å²) >= 11 is 0. The first-order valence-electron chi connectivity index (χ1n) is 10.2. The molecule has 0 bridgehead atoms. The highest BCUT2D eigenvalue weighted by Crippen LogP contribution is 2.20. The summed E-state index contributed by atoms with van der Waals surface area (Å²) in [7, 11) is 0. The minimum atomic E-state index is 0.622. The normalized spacial score (nSPS) is 24.3. The molecule has 0 aromatic rings. The van der Waals surface area contributed by atoms with Gasteiger partial charge in [-0.2, -0.15) is 5.10 Å². The Balaban J connectivity index is 2.54. The highest BCUT2D eigenvalue weighted by atomic mass is 15.3. The average Bonchev–Trinajstić information content (AvgIpc) is 2.55. The zero-order valence-electron chi connectivity index (χ0n) is 16.2. The Morgan fingerprint density at radius 3 is 2.00 bits per heavy atom. The number of amidine groups is 1. The van der Waals surface area contributed by atoms with Gasteiger partial charge in [-0.25, -0.2) is 0 Å². The van der Waals surface area contributed by atoms with Crippen molar-refractivity contribution in [1.29, 1.82) is 0 Å². The van der Waals surface area contributed by atoms with E-state index < -0.39 is 0 Å². The zero-order chi connectivity index (χ0) is 16.9. The van der Waals surface area contributed by atoms with Crippen molar-refractivity contribution < 1.29 is 0 Å². The van der Waals surface area contributed by atoms with E-state index in [2.05, 4.69) is 38.4 Å². The molecule has 1 rings (SSSR count).